The van der Waals surface area contributed by atoms with Gasteiger partial charge in [-0.25, -0.2) is 5.53 Å². The average Bonchev–Trinajstić information content (AvgIpc) is 2.21. The molecular formula is C10H14N2O. The van der Waals surface area contributed by atoms with Crippen LogP contribution in [0.2, 0.25) is 0 Å². The van der Waals surface area contributed by atoms with Crippen LogP contribution in [-0.2, 0) is 0 Å². The highest BCUT2D eigenvalue weighted by Gasteiger charge is 2.07. The Kier molecular flexibility index (Phi) is 4.12. The zero-order valence-corrected chi connectivity index (χ0v) is 7.48. The molecule has 3 nitrogen and oxygen atoms in total. The first-order valence-electron chi connectivity index (χ1n) is 4.41. The molecule has 0 bridgehead atoms. The van der Waals surface area contributed by atoms with E-state index in [9.17, 15) is 0 Å². The zero-order chi connectivity index (χ0) is 9.52. The second kappa shape index (κ2) is 5.43. The minimum absolute atomic E-state index is 0.0895. The van der Waals surface area contributed by atoms with Crippen LogP contribution in [0.1, 0.15) is 24.4 Å². The second-order valence-corrected chi connectivity index (χ2v) is 2.92. The summed E-state index contributed by atoms with van der Waals surface area (Å²) >= 11 is 0. The van der Waals surface area contributed by atoms with Gasteiger partial charge in [0.05, 0.1) is 6.04 Å². The van der Waals surface area contributed by atoms with Gasteiger partial charge in [-0.1, -0.05) is 30.3 Å². The van der Waals surface area contributed by atoms with Crippen molar-refractivity contribution < 1.29 is 5.11 Å². The minimum atomic E-state index is -0.0895. The summed E-state index contributed by atoms with van der Waals surface area (Å²) in [6.45, 7) is 0.166. The number of hydrogen-bond donors (Lipinski definition) is 2. The maximum Gasteiger partial charge on any atom is 0.0956 e. The molecular weight excluding hydrogens is 164 g/mol. The normalized spacial score (nSPS) is 12.4. The van der Waals surface area contributed by atoms with Gasteiger partial charge < -0.3 is 5.11 Å². The van der Waals surface area contributed by atoms with Crippen molar-refractivity contribution in [3.8, 4) is 0 Å². The summed E-state index contributed by atoms with van der Waals surface area (Å²) < 4.78 is 0. The molecule has 0 spiro atoms. The number of benzene rings is 1. The van der Waals surface area contributed by atoms with Gasteiger partial charge in [0, 0.05) is 6.61 Å². The number of rotatable bonds is 5. The first-order chi connectivity index (χ1) is 6.38. The van der Waals surface area contributed by atoms with E-state index in [1.807, 2.05) is 30.3 Å². The van der Waals surface area contributed by atoms with Crippen molar-refractivity contribution >= 4 is 0 Å². The van der Waals surface area contributed by atoms with Crippen LogP contribution in [0.4, 0.5) is 0 Å². The Morgan fingerprint density at radius 3 is 2.54 bits per heavy atom. The summed E-state index contributed by atoms with van der Waals surface area (Å²) in [7, 11) is 0. The minimum Gasteiger partial charge on any atom is -0.396 e. The predicted octanol–water partition coefficient (Wildman–Crippen LogP) is 2.53. The van der Waals surface area contributed by atoms with Gasteiger partial charge in [-0.3, -0.25) is 0 Å². The lowest BCUT2D eigenvalue weighted by molar-refractivity contribution is 0.279. The fraction of sp³-hybridized carbons (Fsp3) is 0.400. The van der Waals surface area contributed by atoms with Gasteiger partial charge in [0.25, 0.3) is 0 Å². The fourth-order valence-corrected chi connectivity index (χ4v) is 1.27. The second-order valence-electron chi connectivity index (χ2n) is 2.92. The van der Waals surface area contributed by atoms with Crippen LogP contribution in [-0.4, -0.2) is 11.7 Å². The number of hydrogen-bond acceptors (Lipinski definition) is 3. The highest BCUT2D eigenvalue weighted by atomic mass is 16.2. The highest BCUT2D eigenvalue weighted by Crippen LogP contribution is 2.21. The summed E-state index contributed by atoms with van der Waals surface area (Å²) in [4.78, 5) is 0. The molecule has 1 aromatic carbocycles. The van der Waals surface area contributed by atoms with Crippen molar-refractivity contribution in [1.29, 1.82) is 5.53 Å². The molecule has 1 unspecified atom stereocenters. The van der Waals surface area contributed by atoms with Gasteiger partial charge >= 0.3 is 0 Å². The molecule has 13 heavy (non-hydrogen) atoms. The lowest BCUT2D eigenvalue weighted by Crippen LogP contribution is -1.96. The van der Waals surface area contributed by atoms with Crippen molar-refractivity contribution in [1.82, 2.24) is 0 Å². The molecule has 0 aliphatic carbocycles. The van der Waals surface area contributed by atoms with Gasteiger partial charge in [0.15, 0.2) is 0 Å². The Morgan fingerprint density at radius 1 is 1.31 bits per heavy atom. The Balaban J connectivity index is 2.61. The Labute approximate surface area is 77.9 Å². The summed E-state index contributed by atoms with van der Waals surface area (Å²) in [6.07, 6.45) is 1.44. The van der Waals surface area contributed by atoms with Crippen LogP contribution in [0.3, 0.4) is 0 Å². The molecule has 0 fully saturated rings. The molecule has 1 atom stereocenters. The SMILES string of the molecule is N=NC(CCCO)c1ccccc1. The smallest absolute Gasteiger partial charge is 0.0956 e. The molecule has 0 heterocycles. The van der Waals surface area contributed by atoms with E-state index in [-0.39, 0.29) is 12.6 Å². The molecule has 1 rings (SSSR count). The quantitative estimate of drug-likeness (QED) is 0.669. The third kappa shape index (κ3) is 2.95. The maximum atomic E-state index is 8.65. The third-order valence-corrected chi connectivity index (χ3v) is 1.98. The van der Waals surface area contributed by atoms with Crippen LogP contribution >= 0.6 is 0 Å². The predicted molar refractivity (Wildman–Crippen MR) is 50.7 cm³/mol. The van der Waals surface area contributed by atoms with E-state index in [4.69, 9.17) is 10.6 Å². The molecule has 0 aromatic heterocycles. The van der Waals surface area contributed by atoms with Crippen LogP contribution in [0.5, 0.6) is 0 Å². The Hall–Kier alpha value is -1.22. The van der Waals surface area contributed by atoms with Gasteiger partial charge in [-0.2, -0.15) is 5.11 Å². The molecule has 1 aromatic rings. The van der Waals surface area contributed by atoms with Crippen LogP contribution in [0.25, 0.3) is 0 Å². The standard InChI is InChI=1S/C10H14N2O/c11-12-10(7-4-8-13)9-5-2-1-3-6-9/h1-3,5-6,10-11,13H,4,7-8H2. The summed E-state index contributed by atoms with van der Waals surface area (Å²) in [5.41, 5.74) is 8.07. The third-order valence-electron chi connectivity index (χ3n) is 1.98. The van der Waals surface area contributed by atoms with Crippen molar-refractivity contribution in [3.63, 3.8) is 0 Å². The van der Waals surface area contributed by atoms with E-state index in [1.165, 1.54) is 0 Å². The molecule has 0 amide bonds. The van der Waals surface area contributed by atoms with Crippen molar-refractivity contribution in [3.05, 3.63) is 35.9 Å². The van der Waals surface area contributed by atoms with Crippen LogP contribution < -0.4 is 0 Å². The Bertz CT molecular complexity index is 248. The first kappa shape index (κ1) is 9.86. The van der Waals surface area contributed by atoms with Crippen LogP contribution in [0, 0.1) is 5.53 Å². The van der Waals surface area contributed by atoms with E-state index in [0.717, 1.165) is 12.0 Å². The number of nitrogens with zero attached hydrogens (tertiary/aromatic N) is 1. The van der Waals surface area contributed by atoms with Crippen molar-refractivity contribution in [2.24, 2.45) is 5.11 Å². The molecule has 3 heteroatoms. The maximum absolute atomic E-state index is 8.65. The lowest BCUT2D eigenvalue weighted by atomic mass is 10.0. The lowest BCUT2D eigenvalue weighted by Gasteiger charge is -2.09. The number of nitrogens with one attached hydrogen (secondary N) is 1. The van der Waals surface area contributed by atoms with E-state index < -0.39 is 0 Å². The molecule has 0 radical (unpaired) electrons. The van der Waals surface area contributed by atoms with E-state index in [1.54, 1.807) is 0 Å². The molecule has 70 valence electrons. The molecule has 0 saturated carbocycles. The Morgan fingerprint density at radius 2 is 2.00 bits per heavy atom. The van der Waals surface area contributed by atoms with Gasteiger partial charge in [0.2, 0.25) is 0 Å². The van der Waals surface area contributed by atoms with Crippen LogP contribution in [0.15, 0.2) is 35.4 Å². The van der Waals surface area contributed by atoms with Gasteiger partial charge in [0.1, 0.15) is 0 Å². The monoisotopic (exact) mass is 178 g/mol. The molecule has 0 aliphatic rings. The molecule has 2 N–H and O–H groups in total. The molecule has 0 saturated heterocycles. The largest absolute Gasteiger partial charge is 0.396 e. The molecule has 0 aliphatic heterocycles. The summed E-state index contributed by atoms with van der Waals surface area (Å²) in [6, 6.07) is 9.64. The van der Waals surface area contributed by atoms with Crippen molar-refractivity contribution in [2.75, 3.05) is 6.61 Å². The first-order valence-corrected chi connectivity index (χ1v) is 4.41. The van der Waals surface area contributed by atoms with Crippen molar-refractivity contribution in [2.45, 2.75) is 18.9 Å². The highest BCUT2D eigenvalue weighted by molar-refractivity contribution is 5.18. The number of aliphatic hydroxyl groups excluding tert-OH is 1. The van der Waals surface area contributed by atoms with E-state index in [2.05, 4.69) is 5.11 Å². The fourth-order valence-electron chi connectivity index (χ4n) is 1.27. The van der Waals surface area contributed by atoms with Gasteiger partial charge in [-0.05, 0) is 18.4 Å². The van der Waals surface area contributed by atoms with E-state index in [0.29, 0.717) is 6.42 Å². The zero-order valence-electron chi connectivity index (χ0n) is 7.48. The van der Waals surface area contributed by atoms with E-state index >= 15 is 0 Å². The van der Waals surface area contributed by atoms with Gasteiger partial charge in [-0.15, -0.1) is 0 Å². The topological polar surface area (TPSA) is 56.4 Å². The summed E-state index contributed by atoms with van der Waals surface area (Å²) in [5.74, 6) is 0. The average molecular weight is 178 g/mol. The summed E-state index contributed by atoms with van der Waals surface area (Å²) in [5, 5.41) is 12.2. The number of aliphatic hydroxyl groups is 1.